The van der Waals surface area contributed by atoms with Gasteiger partial charge >= 0.3 is 0 Å². The molecule has 6 nitrogen and oxygen atoms in total. The van der Waals surface area contributed by atoms with Gasteiger partial charge in [0.25, 0.3) is 5.91 Å². The third kappa shape index (κ3) is 3.04. The molecule has 0 atom stereocenters. The fourth-order valence-electron chi connectivity index (χ4n) is 3.04. The zero-order valence-corrected chi connectivity index (χ0v) is 14.5. The Bertz CT molecular complexity index is 677. The van der Waals surface area contributed by atoms with E-state index in [2.05, 4.69) is 9.35 Å². The Hall–Kier alpha value is -0.990. The molecule has 0 N–H and O–H groups in total. The highest BCUT2D eigenvalue weighted by atomic mass is 32.2. The van der Waals surface area contributed by atoms with Crippen LogP contribution in [0.3, 0.4) is 0 Å². The highest BCUT2D eigenvalue weighted by Gasteiger charge is 2.42. The summed E-state index contributed by atoms with van der Waals surface area (Å²) in [6.07, 6.45) is 3.05. The molecule has 3 rings (SSSR count). The van der Waals surface area contributed by atoms with E-state index in [1.54, 1.807) is 13.2 Å². The van der Waals surface area contributed by atoms with Gasteiger partial charge in [-0.25, -0.2) is 13.6 Å². The first kappa shape index (κ1) is 15.9. The lowest BCUT2D eigenvalue weighted by Gasteiger charge is -2.45. The number of ether oxygens (including phenoxy) is 1. The van der Waals surface area contributed by atoms with E-state index in [0.29, 0.717) is 48.9 Å². The fourth-order valence-corrected chi connectivity index (χ4v) is 5.73. The second kappa shape index (κ2) is 5.90. The Labute approximate surface area is 135 Å². The Morgan fingerprint density at radius 1 is 1.50 bits per heavy atom. The van der Waals surface area contributed by atoms with Crippen LogP contribution < -0.4 is 0 Å². The maximum absolute atomic E-state index is 12.6. The maximum Gasteiger partial charge on any atom is 0.265 e. The van der Waals surface area contributed by atoms with E-state index in [9.17, 15) is 9.00 Å². The van der Waals surface area contributed by atoms with Gasteiger partial charge < -0.3 is 9.64 Å². The lowest BCUT2D eigenvalue weighted by Crippen LogP contribution is -2.56. The van der Waals surface area contributed by atoms with Gasteiger partial charge in [-0.2, -0.15) is 0 Å². The summed E-state index contributed by atoms with van der Waals surface area (Å²) in [5, 5.41) is 0.897. The van der Waals surface area contributed by atoms with Crippen molar-refractivity contribution in [3.8, 4) is 0 Å². The molecule has 1 spiro atoms. The molecule has 2 fully saturated rings. The van der Waals surface area contributed by atoms with Crippen molar-refractivity contribution in [3.05, 3.63) is 16.1 Å². The number of morpholine rings is 1. The number of aromatic nitrogens is 1. The normalized spacial score (nSPS) is 32.2. The molecule has 0 aromatic carbocycles. The van der Waals surface area contributed by atoms with Gasteiger partial charge in [0.2, 0.25) is 0 Å². The highest BCUT2D eigenvalue weighted by molar-refractivity contribution is 7.93. The Kier molecular flexibility index (Phi) is 4.26. The van der Waals surface area contributed by atoms with Crippen molar-refractivity contribution in [1.82, 2.24) is 9.88 Å². The van der Waals surface area contributed by atoms with Gasteiger partial charge in [-0.05, 0) is 19.8 Å². The number of carbonyl (C=O) groups is 1. The van der Waals surface area contributed by atoms with Crippen LogP contribution in [0, 0.1) is 6.92 Å². The first-order valence-corrected chi connectivity index (χ1v) is 10.1. The standard InChI is InChI=1S/C14H21N3O3S2/c1-11-16-9-12(21-11)13(18)17-5-6-20-14(10-17)3-7-22(19,15-2)8-4-14/h9H,3-8,10H2,1-2H3. The van der Waals surface area contributed by atoms with Gasteiger partial charge in [0.15, 0.2) is 0 Å². The number of hydrogen-bond acceptors (Lipinski definition) is 6. The zero-order chi connectivity index (χ0) is 15.8. The third-order valence-electron chi connectivity index (χ3n) is 4.45. The van der Waals surface area contributed by atoms with Gasteiger partial charge in [0, 0.05) is 34.8 Å². The van der Waals surface area contributed by atoms with Crippen molar-refractivity contribution in [3.63, 3.8) is 0 Å². The molecule has 2 saturated heterocycles. The maximum atomic E-state index is 12.6. The lowest BCUT2D eigenvalue weighted by atomic mass is 9.94. The summed E-state index contributed by atoms with van der Waals surface area (Å²) in [7, 11) is -0.427. The number of aryl methyl sites for hydroxylation is 1. The average molecular weight is 343 g/mol. The van der Waals surface area contributed by atoms with E-state index < -0.39 is 9.73 Å². The van der Waals surface area contributed by atoms with E-state index in [1.165, 1.54) is 11.3 Å². The summed E-state index contributed by atoms with van der Waals surface area (Å²) in [6.45, 7) is 3.61. The fraction of sp³-hybridized carbons (Fsp3) is 0.714. The second-order valence-corrected chi connectivity index (χ2v) is 9.83. The molecule has 0 saturated carbocycles. The molecule has 22 heavy (non-hydrogen) atoms. The van der Waals surface area contributed by atoms with Gasteiger partial charge in [0.1, 0.15) is 4.88 Å². The van der Waals surface area contributed by atoms with Crippen LogP contribution >= 0.6 is 11.3 Å². The van der Waals surface area contributed by atoms with Crippen molar-refractivity contribution in [1.29, 1.82) is 0 Å². The molecule has 8 heteroatoms. The van der Waals surface area contributed by atoms with Crippen LogP contribution in [-0.4, -0.2) is 63.9 Å². The molecule has 2 aliphatic rings. The molecule has 2 aliphatic heterocycles. The Balaban J connectivity index is 1.72. The van der Waals surface area contributed by atoms with E-state index in [4.69, 9.17) is 4.74 Å². The lowest BCUT2D eigenvalue weighted by molar-refractivity contribution is -0.104. The molecule has 1 amide bonds. The Morgan fingerprint density at radius 3 is 2.82 bits per heavy atom. The molecule has 122 valence electrons. The van der Waals surface area contributed by atoms with Crippen LogP contribution in [-0.2, 0) is 14.5 Å². The minimum Gasteiger partial charge on any atom is -0.371 e. The zero-order valence-electron chi connectivity index (χ0n) is 12.9. The average Bonchev–Trinajstić information content (AvgIpc) is 2.97. The van der Waals surface area contributed by atoms with Crippen LogP contribution in [0.15, 0.2) is 10.6 Å². The smallest absolute Gasteiger partial charge is 0.265 e. The van der Waals surface area contributed by atoms with Crippen molar-refractivity contribution in [2.24, 2.45) is 4.36 Å². The van der Waals surface area contributed by atoms with Gasteiger partial charge in [-0.1, -0.05) is 0 Å². The summed E-state index contributed by atoms with van der Waals surface area (Å²) in [6, 6.07) is 0. The first-order valence-electron chi connectivity index (χ1n) is 7.42. The molecule has 0 unspecified atom stereocenters. The minimum absolute atomic E-state index is 0.0276. The molecular weight excluding hydrogens is 322 g/mol. The molecule has 0 bridgehead atoms. The quantitative estimate of drug-likeness (QED) is 0.776. The summed E-state index contributed by atoms with van der Waals surface area (Å²) >= 11 is 1.42. The Morgan fingerprint density at radius 2 is 2.23 bits per heavy atom. The number of carbonyl (C=O) groups excluding carboxylic acids is 1. The number of nitrogens with zero attached hydrogens (tertiary/aromatic N) is 3. The van der Waals surface area contributed by atoms with E-state index in [-0.39, 0.29) is 11.5 Å². The van der Waals surface area contributed by atoms with Crippen LogP contribution in [0.1, 0.15) is 27.5 Å². The van der Waals surface area contributed by atoms with Crippen LogP contribution in [0.25, 0.3) is 0 Å². The topological polar surface area (TPSA) is 71.9 Å². The van der Waals surface area contributed by atoms with E-state index in [0.717, 1.165) is 5.01 Å². The molecule has 1 aromatic heterocycles. The van der Waals surface area contributed by atoms with Crippen molar-refractivity contribution in [2.75, 3.05) is 38.2 Å². The molecule has 1 aromatic rings. The second-order valence-electron chi connectivity index (χ2n) is 5.87. The predicted molar refractivity (Wildman–Crippen MR) is 86.9 cm³/mol. The molecule has 0 radical (unpaired) electrons. The summed E-state index contributed by atoms with van der Waals surface area (Å²) in [4.78, 5) is 19.3. The van der Waals surface area contributed by atoms with Crippen LogP contribution in [0.4, 0.5) is 0 Å². The third-order valence-corrected chi connectivity index (χ3v) is 7.70. The summed E-state index contributed by atoms with van der Waals surface area (Å²) in [5.41, 5.74) is -0.348. The number of thiazole rings is 1. The van der Waals surface area contributed by atoms with Crippen LogP contribution in [0.5, 0.6) is 0 Å². The largest absolute Gasteiger partial charge is 0.371 e. The molecule has 3 heterocycles. The monoisotopic (exact) mass is 343 g/mol. The van der Waals surface area contributed by atoms with Crippen molar-refractivity contribution >= 4 is 27.0 Å². The van der Waals surface area contributed by atoms with Gasteiger partial charge in [-0.3, -0.25) is 4.79 Å². The first-order chi connectivity index (χ1) is 10.5. The molecule has 0 aliphatic carbocycles. The minimum atomic E-state index is -2.06. The number of hydrogen-bond donors (Lipinski definition) is 0. The van der Waals surface area contributed by atoms with Crippen LogP contribution in [0.2, 0.25) is 0 Å². The van der Waals surface area contributed by atoms with Gasteiger partial charge in [0.05, 0.1) is 30.0 Å². The van der Waals surface area contributed by atoms with Crippen molar-refractivity contribution < 1.29 is 13.7 Å². The highest BCUT2D eigenvalue weighted by Crippen LogP contribution is 2.32. The van der Waals surface area contributed by atoms with Gasteiger partial charge in [-0.15, -0.1) is 11.3 Å². The molecular formula is C14H21N3O3S2. The SMILES string of the molecule is CN=S1(=O)CCC2(CC1)CN(C(=O)c1cnc(C)s1)CCO2. The van der Waals surface area contributed by atoms with Crippen molar-refractivity contribution in [2.45, 2.75) is 25.4 Å². The van der Waals surface area contributed by atoms with E-state index in [1.807, 2.05) is 11.8 Å². The van der Waals surface area contributed by atoms with E-state index >= 15 is 0 Å². The predicted octanol–water partition coefficient (Wildman–Crippen LogP) is 1.55. The summed E-state index contributed by atoms with van der Waals surface area (Å²) in [5.74, 6) is 1.15. The number of rotatable bonds is 1. The summed E-state index contributed by atoms with van der Waals surface area (Å²) < 4.78 is 22.4. The number of amides is 1.